The first-order valence-electron chi connectivity index (χ1n) is 6.16. The van der Waals surface area contributed by atoms with Crippen molar-refractivity contribution in [2.45, 2.75) is 32.9 Å². The largest absolute Gasteiger partial charge is 0.480 e. The minimum atomic E-state index is -1.05. The number of aromatic amines is 1. The molecule has 2 rings (SSSR count). The number of carbonyl (C=O) groups excluding carboxylic acids is 1. The smallest absolute Gasteiger partial charge is 0.410 e. The number of nitrogens with zero attached hydrogens (tertiary/aromatic N) is 2. The number of carboxylic acid groups (broad SMARTS) is 1. The Kier molecular flexibility index (Phi) is 3.73. The van der Waals surface area contributed by atoms with Crippen LogP contribution in [0, 0.1) is 5.92 Å². The highest BCUT2D eigenvalue weighted by molar-refractivity contribution is 5.80. The maximum absolute atomic E-state index is 12.0. The standard InChI is InChI=1S/C12H17N3O4/c1-7(2)5-19-12(18)15-4-9-8(13-6-14-9)3-10(15)11(16)17/h6-7,10H,3-5H2,1-2H3,(H,13,14)(H,16,17). The third kappa shape index (κ3) is 2.86. The van der Waals surface area contributed by atoms with E-state index in [0.29, 0.717) is 5.69 Å². The van der Waals surface area contributed by atoms with Gasteiger partial charge in [-0.2, -0.15) is 0 Å². The van der Waals surface area contributed by atoms with Crippen LogP contribution in [-0.4, -0.2) is 44.7 Å². The van der Waals surface area contributed by atoms with Crippen LogP contribution in [0.25, 0.3) is 0 Å². The third-order valence-corrected chi connectivity index (χ3v) is 2.96. The molecule has 7 heteroatoms. The number of aromatic nitrogens is 2. The summed E-state index contributed by atoms with van der Waals surface area (Å²) in [6.45, 7) is 4.30. The van der Waals surface area contributed by atoms with Gasteiger partial charge >= 0.3 is 12.1 Å². The van der Waals surface area contributed by atoms with Gasteiger partial charge < -0.3 is 14.8 Å². The van der Waals surface area contributed by atoms with Gasteiger partial charge in [0.25, 0.3) is 0 Å². The van der Waals surface area contributed by atoms with E-state index in [-0.39, 0.29) is 25.5 Å². The van der Waals surface area contributed by atoms with Gasteiger partial charge in [-0.3, -0.25) is 4.90 Å². The molecular formula is C12H17N3O4. The SMILES string of the molecule is CC(C)COC(=O)N1Cc2[nH]cnc2CC1C(=O)O. The van der Waals surface area contributed by atoms with E-state index in [0.717, 1.165) is 5.69 Å². The van der Waals surface area contributed by atoms with Crippen molar-refractivity contribution in [2.75, 3.05) is 6.61 Å². The van der Waals surface area contributed by atoms with E-state index in [1.807, 2.05) is 13.8 Å². The summed E-state index contributed by atoms with van der Waals surface area (Å²) in [4.78, 5) is 31.4. The minimum Gasteiger partial charge on any atom is -0.480 e. The summed E-state index contributed by atoms with van der Waals surface area (Å²) in [6, 6.07) is -0.921. The van der Waals surface area contributed by atoms with E-state index >= 15 is 0 Å². The fourth-order valence-electron chi connectivity index (χ4n) is 1.97. The predicted molar refractivity (Wildman–Crippen MR) is 65.4 cm³/mol. The molecule has 1 aromatic heterocycles. The summed E-state index contributed by atoms with van der Waals surface area (Å²) in [7, 11) is 0. The van der Waals surface area contributed by atoms with Gasteiger partial charge in [0.15, 0.2) is 0 Å². The number of amides is 1. The van der Waals surface area contributed by atoms with E-state index in [1.54, 1.807) is 0 Å². The molecule has 1 atom stereocenters. The lowest BCUT2D eigenvalue weighted by atomic mass is 10.0. The van der Waals surface area contributed by atoms with Crippen LogP contribution in [0.1, 0.15) is 25.2 Å². The Labute approximate surface area is 110 Å². The predicted octanol–water partition coefficient (Wildman–Crippen LogP) is 1.01. The summed E-state index contributed by atoms with van der Waals surface area (Å²) in [5.74, 6) is -0.838. The summed E-state index contributed by atoms with van der Waals surface area (Å²) in [5, 5.41) is 9.21. The minimum absolute atomic E-state index is 0.184. The molecule has 0 aliphatic carbocycles. The van der Waals surface area contributed by atoms with Crippen molar-refractivity contribution in [3.05, 3.63) is 17.7 Å². The fraction of sp³-hybridized carbons (Fsp3) is 0.583. The highest BCUT2D eigenvalue weighted by Crippen LogP contribution is 2.21. The van der Waals surface area contributed by atoms with Gasteiger partial charge in [0.2, 0.25) is 0 Å². The highest BCUT2D eigenvalue weighted by Gasteiger charge is 2.36. The van der Waals surface area contributed by atoms with Crippen LogP contribution >= 0.6 is 0 Å². The second-order valence-electron chi connectivity index (χ2n) is 4.98. The molecule has 0 fully saturated rings. The van der Waals surface area contributed by atoms with Crippen LogP contribution in [0.2, 0.25) is 0 Å². The summed E-state index contributed by atoms with van der Waals surface area (Å²) in [6.07, 6.45) is 1.11. The average Bonchev–Trinajstić information content (AvgIpc) is 2.81. The molecule has 1 aliphatic rings. The first kappa shape index (κ1) is 13.4. The van der Waals surface area contributed by atoms with Crippen LogP contribution in [-0.2, 0) is 22.5 Å². The highest BCUT2D eigenvalue weighted by atomic mass is 16.6. The Balaban J connectivity index is 2.13. The number of imidazole rings is 1. The summed E-state index contributed by atoms with van der Waals surface area (Å²) < 4.78 is 5.10. The van der Waals surface area contributed by atoms with E-state index < -0.39 is 18.1 Å². The maximum Gasteiger partial charge on any atom is 0.410 e. The molecule has 7 nitrogen and oxygen atoms in total. The lowest BCUT2D eigenvalue weighted by Gasteiger charge is -2.31. The number of carbonyl (C=O) groups is 2. The van der Waals surface area contributed by atoms with Gasteiger partial charge in [-0.1, -0.05) is 13.8 Å². The van der Waals surface area contributed by atoms with Crippen molar-refractivity contribution >= 4 is 12.1 Å². The van der Waals surface area contributed by atoms with Gasteiger partial charge in [-0.15, -0.1) is 0 Å². The molecule has 0 spiro atoms. The molecule has 0 aromatic carbocycles. The molecule has 0 bridgehead atoms. The zero-order chi connectivity index (χ0) is 14.0. The second kappa shape index (κ2) is 5.29. The molecule has 0 saturated heterocycles. The molecule has 1 aromatic rings. The number of nitrogens with one attached hydrogen (secondary N) is 1. The first-order valence-corrected chi connectivity index (χ1v) is 6.16. The van der Waals surface area contributed by atoms with Crippen LogP contribution < -0.4 is 0 Å². The van der Waals surface area contributed by atoms with Gasteiger partial charge in [-0.25, -0.2) is 14.6 Å². The van der Waals surface area contributed by atoms with Gasteiger partial charge in [0, 0.05) is 6.42 Å². The Hall–Kier alpha value is -2.05. The fourth-order valence-corrected chi connectivity index (χ4v) is 1.97. The molecule has 1 unspecified atom stereocenters. The zero-order valence-corrected chi connectivity index (χ0v) is 10.9. The molecule has 1 aliphatic heterocycles. The quantitative estimate of drug-likeness (QED) is 0.852. The number of carboxylic acids is 1. The first-order chi connectivity index (χ1) is 8.99. The molecular weight excluding hydrogens is 250 g/mol. The third-order valence-electron chi connectivity index (χ3n) is 2.96. The molecule has 2 N–H and O–H groups in total. The Morgan fingerprint density at radius 3 is 3.00 bits per heavy atom. The Morgan fingerprint density at radius 1 is 1.63 bits per heavy atom. The molecule has 2 heterocycles. The van der Waals surface area contributed by atoms with Gasteiger partial charge in [0.05, 0.1) is 30.9 Å². The number of aliphatic carboxylic acids is 1. The van der Waals surface area contributed by atoms with E-state index in [4.69, 9.17) is 4.74 Å². The average molecular weight is 267 g/mol. The zero-order valence-electron chi connectivity index (χ0n) is 10.9. The summed E-state index contributed by atoms with van der Waals surface area (Å²) >= 11 is 0. The number of rotatable bonds is 3. The van der Waals surface area contributed by atoms with Crippen LogP contribution in [0.3, 0.4) is 0 Å². The van der Waals surface area contributed by atoms with E-state index in [1.165, 1.54) is 11.2 Å². The van der Waals surface area contributed by atoms with Crippen molar-refractivity contribution in [1.29, 1.82) is 0 Å². The van der Waals surface area contributed by atoms with Gasteiger partial charge in [-0.05, 0) is 5.92 Å². The number of hydrogen-bond acceptors (Lipinski definition) is 4. The number of fused-ring (bicyclic) bond motifs is 1. The summed E-state index contributed by atoms with van der Waals surface area (Å²) in [5.41, 5.74) is 1.46. The lowest BCUT2D eigenvalue weighted by Crippen LogP contribution is -2.49. The van der Waals surface area contributed by atoms with E-state index in [9.17, 15) is 14.7 Å². The van der Waals surface area contributed by atoms with Crippen LogP contribution in [0.4, 0.5) is 4.79 Å². The van der Waals surface area contributed by atoms with Crippen molar-refractivity contribution in [2.24, 2.45) is 5.92 Å². The molecule has 104 valence electrons. The molecule has 1 amide bonds. The number of H-pyrrole nitrogens is 1. The van der Waals surface area contributed by atoms with Crippen molar-refractivity contribution in [1.82, 2.24) is 14.9 Å². The van der Waals surface area contributed by atoms with Crippen molar-refractivity contribution in [3.63, 3.8) is 0 Å². The second-order valence-corrected chi connectivity index (χ2v) is 4.98. The van der Waals surface area contributed by atoms with E-state index in [2.05, 4.69) is 9.97 Å². The normalized spacial score (nSPS) is 18.3. The lowest BCUT2D eigenvalue weighted by molar-refractivity contribution is -0.143. The monoisotopic (exact) mass is 267 g/mol. The number of ether oxygens (including phenoxy) is 1. The van der Waals surface area contributed by atoms with Crippen LogP contribution in [0.15, 0.2) is 6.33 Å². The Bertz CT molecular complexity index is 483. The molecule has 0 radical (unpaired) electrons. The molecule has 19 heavy (non-hydrogen) atoms. The van der Waals surface area contributed by atoms with Crippen molar-refractivity contribution < 1.29 is 19.4 Å². The maximum atomic E-state index is 12.0. The van der Waals surface area contributed by atoms with Crippen LogP contribution in [0.5, 0.6) is 0 Å². The van der Waals surface area contributed by atoms with Crippen molar-refractivity contribution in [3.8, 4) is 0 Å². The van der Waals surface area contributed by atoms with Gasteiger partial charge in [0.1, 0.15) is 6.04 Å². The number of hydrogen-bond donors (Lipinski definition) is 2. The Morgan fingerprint density at radius 2 is 2.37 bits per heavy atom. The topological polar surface area (TPSA) is 95.5 Å². The molecule has 0 saturated carbocycles.